The van der Waals surface area contributed by atoms with Gasteiger partial charge in [-0.2, -0.15) is 23.5 Å². The molecule has 1 fully saturated rings. The molecule has 9 heteroatoms. The summed E-state index contributed by atoms with van der Waals surface area (Å²) in [6.45, 7) is 2.13. The van der Waals surface area contributed by atoms with Crippen LogP contribution in [0.15, 0.2) is 4.21 Å². The van der Waals surface area contributed by atoms with Crippen LogP contribution in [0, 0.1) is 6.92 Å². The van der Waals surface area contributed by atoms with E-state index in [4.69, 9.17) is 5.73 Å². The molecular weight excluding hydrogens is 310 g/mol. The van der Waals surface area contributed by atoms with E-state index in [-0.39, 0.29) is 9.34 Å². The van der Waals surface area contributed by atoms with Crippen LogP contribution in [-0.2, 0) is 10.0 Å². The van der Waals surface area contributed by atoms with Gasteiger partial charge in [0.15, 0.2) is 9.34 Å². The van der Waals surface area contributed by atoms with Crippen molar-refractivity contribution in [1.82, 2.24) is 9.71 Å². The highest BCUT2D eigenvalue weighted by molar-refractivity contribution is 8.06. The molecular formula is C9H15N3O2S4. The summed E-state index contributed by atoms with van der Waals surface area (Å²) in [7, 11) is -3.47. The van der Waals surface area contributed by atoms with Crippen molar-refractivity contribution in [1.29, 1.82) is 0 Å². The molecule has 3 N–H and O–H groups in total. The van der Waals surface area contributed by atoms with Crippen LogP contribution < -0.4 is 10.5 Å². The first-order valence-corrected chi connectivity index (χ1v) is 9.91. The number of nitrogens with zero attached hydrogens (tertiary/aromatic N) is 1. The van der Waals surface area contributed by atoms with Crippen LogP contribution in [0.4, 0.5) is 5.13 Å². The molecule has 0 aliphatic carbocycles. The summed E-state index contributed by atoms with van der Waals surface area (Å²) in [5.41, 5.74) is 5.99. The van der Waals surface area contributed by atoms with Gasteiger partial charge in [-0.1, -0.05) is 11.3 Å². The minimum Gasteiger partial charge on any atom is -0.375 e. The number of hydrogen-bond donors (Lipinski definition) is 2. The second-order valence-corrected chi connectivity index (χ2v) is 9.40. The minimum atomic E-state index is -3.47. The zero-order valence-corrected chi connectivity index (χ0v) is 13.1. The van der Waals surface area contributed by atoms with Crippen molar-refractivity contribution in [3.63, 3.8) is 0 Å². The second kappa shape index (κ2) is 6.00. The third-order valence-corrected chi connectivity index (χ3v) is 8.27. The SMILES string of the molecule is Cc1nc(N)sc1S(=O)(=O)NCC1CSCCS1. The molecule has 0 bridgehead atoms. The molecule has 1 saturated heterocycles. The zero-order chi connectivity index (χ0) is 13.2. The Morgan fingerprint density at radius 3 is 2.83 bits per heavy atom. The van der Waals surface area contributed by atoms with E-state index in [1.165, 1.54) is 0 Å². The Morgan fingerprint density at radius 1 is 1.50 bits per heavy atom. The van der Waals surface area contributed by atoms with Crippen molar-refractivity contribution in [2.75, 3.05) is 29.5 Å². The monoisotopic (exact) mass is 325 g/mol. The van der Waals surface area contributed by atoms with Gasteiger partial charge in [0.05, 0.1) is 5.69 Å². The van der Waals surface area contributed by atoms with Crippen LogP contribution in [0.2, 0.25) is 0 Å². The predicted octanol–water partition coefficient (Wildman–Crippen LogP) is 1.16. The van der Waals surface area contributed by atoms with Gasteiger partial charge in [-0.25, -0.2) is 18.1 Å². The molecule has 0 spiro atoms. The lowest BCUT2D eigenvalue weighted by molar-refractivity contribution is 0.583. The minimum absolute atomic E-state index is 0.230. The summed E-state index contributed by atoms with van der Waals surface area (Å²) in [6.07, 6.45) is 0. The Labute approximate surface area is 119 Å². The summed E-state index contributed by atoms with van der Waals surface area (Å²) in [5.74, 6) is 3.24. The summed E-state index contributed by atoms with van der Waals surface area (Å²) in [4.78, 5) is 3.94. The quantitative estimate of drug-likeness (QED) is 0.864. The molecule has 0 aromatic carbocycles. The number of hydrogen-bond acceptors (Lipinski definition) is 7. The molecule has 0 radical (unpaired) electrons. The fraction of sp³-hybridized carbons (Fsp3) is 0.667. The number of nitrogens with two attached hydrogens (primary N) is 1. The number of aryl methyl sites for hydroxylation is 1. The van der Waals surface area contributed by atoms with Crippen molar-refractivity contribution in [3.05, 3.63) is 5.69 Å². The summed E-state index contributed by atoms with van der Waals surface area (Å²) >= 11 is 4.71. The lowest BCUT2D eigenvalue weighted by Crippen LogP contribution is -2.33. The van der Waals surface area contributed by atoms with Gasteiger partial charge in [0, 0.05) is 29.1 Å². The molecule has 1 aliphatic heterocycles. The smallest absolute Gasteiger partial charge is 0.252 e. The molecule has 18 heavy (non-hydrogen) atoms. The van der Waals surface area contributed by atoms with Crippen molar-refractivity contribution in [2.45, 2.75) is 16.4 Å². The molecule has 1 atom stereocenters. The lowest BCUT2D eigenvalue weighted by atomic mass is 10.5. The summed E-state index contributed by atoms with van der Waals surface area (Å²) in [5, 5.41) is 0.638. The fourth-order valence-electron chi connectivity index (χ4n) is 1.57. The number of rotatable bonds is 4. The predicted molar refractivity (Wildman–Crippen MR) is 80.0 cm³/mol. The van der Waals surface area contributed by atoms with Crippen LogP contribution >= 0.6 is 34.9 Å². The molecule has 0 saturated carbocycles. The zero-order valence-electron chi connectivity index (χ0n) is 9.88. The maximum absolute atomic E-state index is 12.1. The van der Waals surface area contributed by atoms with Gasteiger partial charge in [0.1, 0.15) is 0 Å². The molecule has 1 aliphatic rings. The maximum atomic E-state index is 12.1. The van der Waals surface area contributed by atoms with Gasteiger partial charge in [0.2, 0.25) is 0 Å². The van der Waals surface area contributed by atoms with Crippen LogP contribution in [0.25, 0.3) is 0 Å². The number of thiazole rings is 1. The number of aromatic nitrogens is 1. The molecule has 2 rings (SSSR count). The van der Waals surface area contributed by atoms with Crippen molar-refractivity contribution in [2.24, 2.45) is 0 Å². The van der Waals surface area contributed by atoms with Gasteiger partial charge in [-0.3, -0.25) is 0 Å². The highest BCUT2D eigenvalue weighted by Gasteiger charge is 2.23. The van der Waals surface area contributed by atoms with E-state index in [0.29, 0.717) is 17.5 Å². The highest BCUT2D eigenvalue weighted by atomic mass is 32.2. The van der Waals surface area contributed by atoms with E-state index < -0.39 is 10.0 Å². The third kappa shape index (κ3) is 3.53. The molecule has 2 heterocycles. The number of anilines is 1. The Bertz CT molecular complexity index is 508. The Kier molecular flexibility index (Phi) is 4.81. The maximum Gasteiger partial charge on any atom is 0.252 e. The first-order chi connectivity index (χ1) is 8.49. The standard InChI is InChI=1S/C9H15N3O2S4/c1-6-8(17-9(10)12-6)18(13,14)11-4-7-5-15-2-3-16-7/h7,11H,2-5H2,1H3,(H2,10,12). The van der Waals surface area contributed by atoms with Gasteiger partial charge < -0.3 is 5.73 Å². The van der Waals surface area contributed by atoms with E-state index in [0.717, 1.165) is 28.6 Å². The number of sulfonamides is 1. The van der Waals surface area contributed by atoms with Crippen LogP contribution in [0.5, 0.6) is 0 Å². The molecule has 5 nitrogen and oxygen atoms in total. The fourth-order valence-corrected chi connectivity index (χ4v) is 6.72. The van der Waals surface area contributed by atoms with E-state index in [1.54, 1.807) is 6.92 Å². The second-order valence-electron chi connectivity index (χ2n) is 3.84. The van der Waals surface area contributed by atoms with Gasteiger partial charge in [-0.05, 0) is 6.92 Å². The van der Waals surface area contributed by atoms with Gasteiger partial charge >= 0.3 is 0 Å². The van der Waals surface area contributed by atoms with E-state index >= 15 is 0 Å². The number of nitrogens with one attached hydrogen (secondary N) is 1. The number of nitrogen functional groups attached to an aromatic ring is 1. The topological polar surface area (TPSA) is 85.1 Å². The van der Waals surface area contributed by atoms with Crippen LogP contribution in [0.3, 0.4) is 0 Å². The molecule has 1 aromatic rings. The highest BCUT2D eigenvalue weighted by Crippen LogP contribution is 2.26. The van der Waals surface area contributed by atoms with Crippen LogP contribution in [0.1, 0.15) is 5.69 Å². The first-order valence-electron chi connectivity index (χ1n) is 5.41. The van der Waals surface area contributed by atoms with Gasteiger partial charge in [0.25, 0.3) is 10.0 Å². The third-order valence-electron chi connectivity index (χ3n) is 2.40. The van der Waals surface area contributed by atoms with E-state index in [2.05, 4.69) is 9.71 Å². The Morgan fingerprint density at radius 2 is 2.28 bits per heavy atom. The molecule has 1 aromatic heterocycles. The van der Waals surface area contributed by atoms with E-state index in [9.17, 15) is 8.42 Å². The Hall–Kier alpha value is 0.0400. The molecule has 102 valence electrons. The van der Waals surface area contributed by atoms with E-state index in [1.807, 2.05) is 23.5 Å². The normalized spacial score (nSPS) is 21.1. The summed E-state index contributed by atoms with van der Waals surface area (Å²) < 4.78 is 27.1. The van der Waals surface area contributed by atoms with Crippen molar-refractivity contribution < 1.29 is 8.42 Å². The lowest BCUT2D eigenvalue weighted by Gasteiger charge is -2.20. The van der Waals surface area contributed by atoms with Gasteiger partial charge in [-0.15, -0.1) is 0 Å². The average molecular weight is 326 g/mol. The van der Waals surface area contributed by atoms with Crippen molar-refractivity contribution >= 4 is 50.0 Å². The number of thioether (sulfide) groups is 2. The average Bonchev–Trinajstić information content (AvgIpc) is 2.68. The first kappa shape index (κ1) is 14.4. The Balaban J connectivity index is 2.01. The largest absolute Gasteiger partial charge is 0.375 e. The molecule has 1 unspecified atom stereocenters. The van der Waals surface area contributed by atoms with Crippen LogP contribution in [-0.4, -0.2) is 42.5 Å². The van der Waals surface area contributed by atoms with Crippen molar-refractivity contribution in [3.8, 4) is 0 Å². The summed E-state index contributed by atoms with van der Waals surface area (Å²) in [6, 6.07) is 0. The molecule has 0 amide bonds.